The normalized spacial score (nSPS) is 13.8. The second kappa shape index (κ2) is 5.80. The highest BCUT2D eigenvalue weighted by atomic mass is 19.1. The maximum Gasteiger partial charge on any atom is 0.276 e. The van der Waals surface area contributed by atoms with Gasteiger partial charge in [0.2, 0.25) is 5.89 Å². The monoisotopic (exact) mass is 345 g/mol. The van der Waals surface area contributed by atoms with Crippen molar-refractivity contribution in [1.82, 2.24) is 14.9 Å². The zero-order chi connectivity index (χ0) is 17.6. The molecule has 3 heterocycles. The molecular formula is C17H13F2N3O3. The van der Waals surface area contributed by atoms with Crippen LogP contribution in [-0.4, -0.2) is 27.3 Å². The molecule has 2 aromatic heterocycles. The number of oxazole rings is 2. The van der Waals surface area contributed by atoms with E-state index in [4.69, 9.17) is 8.83 Å². The number of fused-ring (bicyclic) bond motifs is 1. The van der Waals surface area contributed by atoms with Gasteiger partial charge in [0.25, 0.3) is 5.91 Å². The molecule has 8 heteroatoms. The molecule has 0 radical (unpaired) electrons. The number of amides is 1. The van der Waals surface area contributed by atoms with Crippen molar-refractivity contribution < 1.29 is 22.4 Å². The van der Waals surface area contributed by atoms with Gasteiger partial charge in [-0.1, -0.05) is 0 Å². The predicted molar refractivity (Wildman–Crippen MR) is 81.5 cm³/mol. The maximum atomic E-state index is 13.4. The number of nitrogens with zero attached hydrogens (tertiary/aromatic N) is 3. The highest BCUT2D eigenvalue weighted by molar-refractivity contribution is 5.92. The first-order chi connectivity index (χ1) is 12.0. The lowest BCUT2D eigenvalue weighted by atomic mass is 10.1. The molecule has 3 aromatic rings. The predicted octanol–water partition coefficient (Wildman–Crippen LogP) is 3.11. The lowest BCUT2D eigenvalue weighted by Crippen LogP contribution is -2.36. The molecule has 0 spiro atoms. The Hall–Kier alpha value is -3.03. The minimum Gasteiger partial charge on any atom is -0.448 e. The molecule has 1 aromatic carbocycles. The van der Waals surface area contributed by atoms with Gasteiger partial charge in [-0.2, -0.15) is 0 Å². The Morgan fingerprint density at radius 3 is 2.64 bits per heavy atom. The summed E-state index contributed by atoms with van der Waals surface area (Å²) < 4.78 is 37.4. The van der Waals surface area contributed by atoms with Crippen LogP contribution >= 0.6 is 0 Å². The van der Waals surface area contributed by atoms with Crippen LogP contribution < -0.4 is 0 Å². The van der Waals surface area contributed by atoms with Crippen LogP contribution in [0.3, 0.4) is 0 Å². The quantitative estimate of drug-likeness (QED) is 0.714. The third-order valence-electron chi connectivity index (χ3n) is 3.96. The average molecular weight is 345 g/mol. The van der Waals surface area contributed by atoms with Crippen molar-refractivity contribution in [1.29, 1.82) is 0 Å². The number of aromatic nitrogens is 2. The van der Waals surface area contributed by atoms with Gasteiger partial charge in [0.1, 0.15) is 29.4 Å². The molecule has 128 valence electrons. The van der Waals surface area contributed by atoms with E-state index in [1.165, 1.54) is 6.26 Å². The summed E-state index contributed by atoms with van der Waals surface area (Å²) in [6.07, 6.45) is 1.78. The Kier molecular flexibility index (Phi) is 3.60. The zero-order valence-electron chi connectivity index (χ0n) is 13.3. The van der Waals surface area contributed by atoms with Gasteiger partial charge in [0, 0.05) is 31.5 Å². The summed E-state index contributed by atoms with van der Waals surface area (Å²) in [5, 5.41) is 0. The highest BCUT2D eigenvalue weighted by Gasteiger charge is 2.28. The molecule has 1 amide bonds. The summed E-state index contributed by atoms with van der Waals surface area (Å²) in [5.41, 5.74) is 1.02. The van der Waals surface area contributed by atoms with Gasteiger partial charge in [0.05, 0.1) is 6.54 Å². The molecule has 0 saturated heterocycles. The molecule has 0 saturated carbocycles. The number of aryl methyl sites for hydroxylation is 1. The van der Waals surface area contributed by atoms with Crippen molar-refractivity contribution in [3.05, 3.63) is 59.1 Å². The van der Waals surface area contributed by atoms with Crippen LogP contribution in [0.15, 0.2) is 33.3 Å². The largest absolute Gasteiger partial charge is 0.448 e. The Labute approximate surface area is 141 Å². The fourth-order valence-corrected chi connectivity index (χ4v) is 2.80. The first-order valence-electron chi connectivity index (χ1n) is 7.66. The molecule has 0 fully saturated rings. The molecule has 6 nitrogen and oxygen atoms in total. The molecular weight excluding hydrogens is 332 g/mol. The summed E-state index contributed by atoms with van der Waals surface area (Å²) >= 11 is 0. The Morgan fingerprint density at radius 1 is 1.20 bits per heavy atom. The number of hydrogen-bond donors (Lipinski definition) is 0. The number of rotatable bonds is 2. The van der Waals surface area contributed by atoms with Gasteiger partial charge in [0.15, 0.2) is 11.6 Å². The smallest absolute Gasteiger partial charge is 0.276 e. The summed E-state index contributed by atoms with van der Waals surface area (Å²) in [4.78, 5) is 22.3. The van der Waals surface area contributed by atoms with Crippen molar-refractivity contribution >= 4 is 5.91 Å². The molecule has 0 N–H and O–H groups in total. The van der Waals surface area contributed by atoms with E-state index < -0.39 is 11.6 Å². The third kappa shape index (κ3) is 2.90. The van der Waals surface area contributed by atoms with Gasteiger partial charge >= 0.3 is 0 Å². The Morgan fingerprint density at radius 2 is 1.96 bits per heavy atom. The summed E-state index contributed by atoms with van der Waals surface area (Å²) in [7, 11) is 0. The molecule has 4 rings (SSSR count). The minimum absolute atomic E-state index is 0.134. The molecule has 0 unspecified atom stereocenters. The van der Waals surface area contributed by atoms with Crippen molar-refractivity contribution in [2.24, 2.45) is 0 Å². The number of carbonyl (C=O) groups is 1. The summed E-state index contributed by atoms with van der Waals surface area (Å²) in [6, 6.07) is 3.09. The van der Waals surface area contributed by atoms with E-state index in [1.807, 2.05) is 0 Å². The number of benzene rings is 1. The van der Waals surface area contributed by atoms with E-state index in [0.29, 0.717) is 30.3 Å². The van der Waals surface area contributed by atoms with Gasteiger partial charge in [-0.25, -0.2) is 18.7 Å². The van der Waals surface area contributed by atoms with Gasteiger partial charge in [-0.15, -0.1) is 0 Å². The second-order valence-electron chi connectivity index (χ2n) is 5.78. The highest BCUT2D eigenvalue weighted by Crippen LogP contribution is 2.27. The van der Waals surface area contributed by atoms with E-state index in [2.05, 4.69) is 9.97 Å². The van der Waals surface area contributed by atoms with Crippen LogP contribution in [0.25, 0.3) is 11.5 Å². The molecule has 0 aliphatic carbocycles. The van der Waals surface area contributed by atoms with Crippen molar-refractivity contribution in [2.45, 2.75) is 19.9 Å². The van der Waals surface area contributed by atoms with E-state index in [-0.39, 0.29) is 29.6 Å². The van der Waals surface area contributed by atoms with Gasteiger partial charge < -0.3 is 13.7 Å². The first kappa shape index (κ1) is 15.5. The van der Waals surface area contributed by atoms with Crippen molar-refractivity contribution in [3.63, 3.8) is 0 Å². The lowest BCUT2D eigenvalue weighted by molar-refractivity contribution is 0.0722. The topological polar surface area (TPSA) is 72.4 Å². The standard InChI is InChI=1S/C17H13F2N3O3/c1-9-20-14(8-24-9)17(23)22-3-2-15-13(7-22)21-16(25-15)10-4-11(18)6-12(19)5-10/h4-6,8H,2-3,7H2,1H3. The van der Waals surface area contributed by atoms with Gasteiger partial charge in [-0.05, 0) is 12.1 Å². The third-order valence-corrected chi connectivity index (χ3v) is 3.96. The Balaban J connectivity index is 1.60. The fraction of sp³-hybridized carbons (Fsp3) is 0.235. The maximum absolute atomic E-state index is 13.4. The Bertz CT molecular complexity index is 944. The number of hydrogen-bond acceptors (Lipinski definition) is 5. The van der Waals surface area contributed by atoms with Crippen LogP contribution in [0.5, 0.6) is 0 Å². The fourth-order valence-electron chi connectivity index (χ4n) is 2.80. The van der Waals surface area contributed by atoms with Crippen molar-refractivity contribution in [2.75, 3.05) is 6.54 Å². The van der Waals surface area contributed by atoms with Crippen molar-refractivity contribution in [3.8, 4) is 11.5 Å². The lowest BCUT2D eigenvalue weighted by Gasteiger charge is -2.24. The SMILES string of the molecule is Cc1nc(C(=O)N2CCc3oc(-c4cc(F)cc(F)c4)nc3C2)co1. The van der Waals surface area contributed by atoms with Gasteiger partial charge in [-0.3, -0.25) is 4.79 Å². The van der Waals surface area contributed by atoms with E-state index in [9.17, 15) is 13.6 Å². The first-order valence-corrected chi connectivity index (χ1v) is 7.66. The molecule has 25 heavy (non-hydrogen) atoms. The number of halogens is 2. The molecule has 1 aliphatic heterocycles. The van der Waals surface area contributed by atoms with Crippen LogP contribution in [0, 0.1) is 18.6 Å². The van der Waals surface area contributed by atoms with Crippen LogP contribution in [-0.2, 0) is 13.0 Å². The zero-order valence-corrected chi connectivity index (χ0v) is 13.3. The average Bonchev–Trinajstić information content (AvgIpc) is 3.18. The van der Waals surface area contributed by atoms with Crippen LogP contribution in [0.4, 0.5) is 8.78 Å². The number of carbonyl (C=O) groups excluding carboxylic acids is 1. The second-order valence-corrected chi connectivity index (χ2v) is 5.78. The molecule has 0 atom stereocenters. The molecule has 0 bridgehead atoms. The summed E-state index contributed by atoms with van der Waals surface area (Å²) in [6.45, 7) is 2.33. The van der Waals surface area contributed by atoms with Crippen LogP contribution in [0.1, 0.15) is 27.8 Å². The molecule has 1 aliphatic rings. The van der Waals surface area contributed by atoms with E-state index >= 15 is 0 Å². The minimum atomic E-state index is -0.704. The summed E-state index contributed by atoms with van der Waals surface area (Å²) in [5.74, 6) is -0.509. The van der Waals surface area contributed by atoms with E-state index in [1.54, 1.807) is 11.8 Å². The van der Waals surface area contributed by atoms with Crippen LogP contribution in [0.2, 0.25) is 0 Å². The van der Waals surface area contributed by atoms with E-state index in [0.717, 1.165) is 18.2 Å².